The minimum absolute atomic E-state index is 0.135. The maximum Gasteiger partial charge on any atom is 0.325 e. The number of ether oxygens (including phenoxy) is 1. The fourth-order valence-electron chi connectivity index (χ4n) is 1.53. The van der Waals surface area contributed by atoms with E-state index >= 15 is 0 Å². The van der Waals surface area contributed by atoms with Gasteiger partial charge in [0.1, 0.15) is 12.4 Å². The predicted octanol–water partition coefficient (Wildman–Crippen LogP) is 3.17. The molecule has 0 unspecified atom stereocenters. The maximum atomic E-state index is 11.5. The smallest absolute Gasteiger partial charge is 0.325 e. The van der Waals surface area contributed by atoms with Crippen molar-refractivity contribution in [3.05, 3.63) is 22.3 Å². The summed E-state index contributed by atoms with van der Waals surface area (Å²) in [6, 6.07) is 1.61. The van der Waals surface area contributed by atoms with Crippen LogP contribution >= 0.6 is 23.2 Å². The summed E-state index contributed by atoms with van der Waals surface area (Å²) < 4.78 is 4.93. The quantitative estimate of drug-likeness (QED) is 0.755. The molecule has 0 aromatic carbocycles. The Kier molecular flexibility index (Phi) is 6.22. The zero-order valence-electron chi connectivity index (χ0n) is 10.4. The van der Waals surface area contributed by atoms with E-state index < -0.39 is 0 Å². The zero-order valence-corrected chi connectivity index (χ0v) is 12.0. The molecule has 0 radical (unpaired) electrons. The molecule has 1 rings (SSSR count). The van der Waals surface area contributed by atoms with Crippen molar-refractivity contribution in [2.75, 3.05) is 24.6 Å². The first kappa shape index (κ1) is 15.1. The summed E-state index contributed by atoms with van der Waals surface area (Å²) in [5, 5.41) is 0.900. The van der Waals surface area contributed by atoms with Crippen LogP contribution in [0.1, 0.15) is 20.3 Å². The van der Waals surface area contributed by atoms with Crippen molar-refractivity contribution in [2.24, 2.45) is 0 Å². The van der Waals surface area contributed by atoms with Crippen LogP contribution in [0.15, 0.2) is 12.3 Å². The Hall–Kier alpha value is -1.000. The summed E-state index contributed by atoms with van der Waals surface area (Å²) in [5.41, 5.74) is 0. The van der Waals surface area contributed by atoms with E-state index in [1.54, 1.807) is 17.9 Å². The van der Waals surface area contributed by atoms with E-state index in [9.17, 15) is 4.79 Å². The highest BCUT2D eigenvalue weighted by Gasteiger charge is 2.16. The second-order valence-electron chi connectivity index (χ2n) is 3.69. The van der Waals surface area contributed by atoms with E-state index in [1.807, 2.05) is 6.92 Å². The van der Waals surface area contributed by atoms with Crippen molar-refractivity contribution in [1.82, 2.24) is 4.98 Å². The number of anilines is 1. The van der Waals surface area contributed by atoms with Gasteiger partial charge in [-0.15, -0.1) is 0 Å². The maximum absolute atomic E-state index is 11.5. The van der Waals surface area contributed by atoms with Gasteiger partial charge in [0.25, 0.3) is 0 Å². The van der Waals surface area contributed by atoms with Gasteiger partial charge in [-0.2, -0.15) is 0 Å². The lowest BCUT2D eigenvalue weighted by molar-refractivity contribution is -0.141. The van der Waals surface area contributed by atoms with Gasteiger partial charge in [-0.25, -0.2) is 4.98 Å². The number of hydrogen-bond acceptors (Lipinski definition) is 4. The first-order valence-electron chi connectivity index (χ1n) is 5.80. The van der Waals surface area contributed by atoms with Crippen LogP contribution in [0.5, 0.6) is 0 Å². The summed E-state index contributed by atoms with van der Waals surface area (Å²) in [6.45, 7) is 4.96. The number of carbonyl (C=O) groups excluding carboxylic acids is 1. The lowest BCUT2D eigenvalue weighted by atomic mass is 10.3. The van der Waals surface area contributed by atoms with Gasteiger partial charge in [-0.1, -0.05) is 30.1 Å². The largest absolute Gasteiger partial charge is 0.465 e. The van der Waals surface area contributed by atoms with Crippen LogP contribution in [0.25, 0.3) is 0 Å². The van der Waals surface area contributed by atoms with Gasteiger partial charge in [0, 0.05) is 12.7 Å². The third-order valence-electron chi connectivity index (χ3n) is 2.21. The van der Waals surface area contributed by atoms with Crippen molar-refractivity contribution < 1.29 is 9.53 Å². The average Bonchev–Trinajstić information content (AvgIpc) is 2.29. The molecule has 0 aliphatic carbocycles. The lowest BCUT2D eigenvalue weighted by Gasteiger charge is -2.22. The highest BCUT2D eigenvalue weighted by molar-refractivity contribution is 6.36. The highest BCUT2D eigenvalue weighted by atomic mass is 35.5. The van der Waals surface area contributed by atoms with Crippen molar-refractivity contribution in [1.29, 1.82) is 0 Å². The molecule has 1 aromatic rings. The molecule has 18 heavy (non-hydrogen) atoms. The average molecular weight is 291 g/mol. The summed E-state index contributed by atoms with van der Waals surface area (Å²) in [7, 11) is 0. The number of aromatic nitrogens is 1. The molecule has 0 bridgehead atoms. The Morgan fingerprint density at radius 2 is 2.17 bits per heavy atom. The Morgan fingerprint density at radius 3 is 2.72 bits per heavy atom. The lowest BCUT2D eigenvalue weighted by Crippen LogP contribution is -2.32. The molecule has 0 saturated carbocycles. The van der Waals surface area contributed by atoms with E-state index in [4.69, 9.17) is 27.9 Å². The molecule has 0 amide bonds. The monoisotopic (exact) mass is 290 g/mol. The van der Waals surface area contributed by atoms with Crippen molar-refractivity contribution in [2.45, 2.75) is 20.3 Å². The van der Waals surface area contributed by atoms with E-state index in [1.165, 1.54) is 6.20 Å². The first-order valence-corrected chi connectivity index (χ1v) is 6.55. The van der Waals surface area contributed by atoms with E-state index in [2.05, 4.69) is 4.98 Å². The number of pyridine rings is 1. The number of halogens is 2. The highest BCUT2D eigenvalue weighted by Crippen LogP contribution is 2.26. The summed E-state index contributed by atoms with van der Waals surface area (Å²) in [4.78, 5) is 17.5. The second-order valence-corrected chi connectivity index (χ2v) is 4.53. The predicted molar refractivity (Wildman–Crippen MR) is 73.4 cm³/mol. The molecule has 100 valence electrons. The number of rotatable bonds is 6. The summed E-state index contributed by atoms with van der Waals surface area (Å²) >= 11 is 11.9. The van der Waals surface area contributed by atoms with E-state index in [0.717, 1.165) is 6.42 Å². The number of esters is 1. The van der Waals surface area contributed by atoms with E-state index in [0.29, 0.717) is 29.0 Å². The topological polar surface area (TPSA) is 42.4 Å². The van der Waals surface area contributed by atoms with Crippen molar-refractivity contribution in [3.8, 4) is 0 Å². The SMILES string of the molecule is CCCN(CC(=O)OCC)c1ncc(Cl)cc1Cl. The molecular weight excluding hydrogens is 275 g/mol. The Balaban J connectivity index is 2.86. The molecule has 4 nitrogen and oxygen atoms in total. The van der Waals surface area contributed by atoms with Gasteiger partial charge < -0.3 is 9.64 Å². The third-order valence-corrected chi connectivity index (χ3v) is 2.69. The number of nitrogens with zero attached hydrogens (tertiary/aromatic N) is 2. The Bertz CT molecular complexity index is 413. The van der Waals surface area contributed by atoms with Gasteiger partial charge >= 0.3 is 5.97 Å². The first-order chi connectivity index (χ1) is 8.58. The van der Waals surface area contributed by atoms with Gasteiger partial charge in [-0.05, 0) is 19.4 Å². The number of hydrogen-bond donors (Lipinski definition) is 0. The molecule has 6 heteroatoms. The van der Waals surface area contributed by atoms with Crippen LogP contribution < -0.4 is 4.90 Å². The van der Waals surface area contributed by atoms with Gasteiger partial charge in [-0.3, -0.25) is 4.79 Å². The molecule has 0 spiro atoms. The van der Waals surface area contributed by atoms with Gasteiger partial charge in [0.2, 0.25) is 0 Å². The standard InChI is InChI=1S/C12H16Cl2N2O2/c1-3-5-16(8-11(17)18-4-2)12-10(14)6-9(13)7-15-12/h6-7H,3-5,8H2,1-2H3. The fraction of sp³-hybridized carbons (Fsp3) is 0.500. The van der Waals surface area contributed by atoms with Crippen LogP contribution in [0.3, 0.4) is 0 Å². The normalized spacial score (nSPS) is 10.2. The van der Waals surface area contributed by atoms with E-state index in [-0.39, 0.29) is 12.5 Å². The fourth-order valence-corrected chi connectivity index (χ4v) is 2.03. The van der Waals surface area contributed by atoms with Crippen LogP contribution in [-0.2, 0) is 9.53 Å². The Labute approximate surface area is 117 Å². The summed E-state index contributed by atoms with van der Waals surface area (Å²) in [5.74, 6) is 0.259. The second kappa shape index (κ2) is 7.44. The minimum atomic E-state index is -0.293. The van der Waals surface area contributed by atoms with Gasteiger partial charge in [0.05, 0.1) is 16.7 Å². The van der Waals surface area contributed by atoms with Crippen LogP contribution in [0, 0.1) is 0 Å². The molecule has 0 atom stereocenters. The van der Waals surface area contributed by atoms with Crippen molar-refractivity contribution >= 4 is 35.0 Å². The molecule has 0 aliphatic heterocycles. The summed E-state index contributed by atoms with van der Waals surface area (Å²) in [6.07, 6.45) is 2.39. The minimum Gasteiger partial charge on any atom is -0.465 e. The molecule has 1 heterocycles. The Morgan fingerprint density at radius 1 is 1.44 bits per heavy atom. The molecule has 0 aliphatic rings. The number of carbonyl (C=O) groups is 1. The molecule has 1 aromatic heterocycles. The molecular formula is C12H16Cl2N2O2. The molecule has 0 fully saturated rings. The third kappa shape index (κ3) is 4.35. The van der Waals surface area contributed by atoms with Crippen LogP contribution in [0.2, 0.25) is 10.0 Å². The molecule has 0 N–H and O–H groups in total. The van der Waals surface area contributed by atoms with Crippen LogP contribution in [0.4, 0.5) is 5.82 Å². The van der Waals surface area contributed by atoms with Crippen molar-refractivity contribution in [3.63, 3.8) is 0 Å². The molecule has 0 saturated heterocycles. The zero-order chi connectivity index (χ0) is 13.5. The van der Waals surface area contributed by atoms with Crippen LogP contribution in [-0.4, -0.2) is 30.6 Å². The van der Waals surface area contributed by atoms with Gasteiger partial charge in [0.15, 0.2) is 0 Å².